The zero-order valence-corrected chi connectivity index (χ0v) is 28.6. The number of furan rings is 1. The van der Waals surface area contributed by atoms with Crippen molar-refractivity contribution in [2.24, 2.45) is 0 Å². The van der Waals surface area contributed by atoms with Gasteiger partial charge in [0.1, 0.15) is 11.2 Å². The van der Waals surface area contributed by atoms with Crippen LogP contribution in [-0.2, 0) is 0 Å². The first-order chi connectivity index (χ1) is 25.7. The summed E-state index contributed by atoms with van der Waals surface area (Å²) < 4.78 is 9.17. The van der Waals surface area contributed by atoms with Crippen LogP contribution in [0, 0.1) is 0 Å². The number of nitrogens with zero attached hydrogens (tertiary/aromatic N) is 3. The van der Waals surface area contributed by atoms with Crippen molar-refractivity contribution in [2.75, 3.05) is 0 Å². The molecule has 0 fully saturated rings. The van der Waals surface area contributed by atoms with E-state index in [1.807, 2.05) is 53.8 Å². The third-order valence-electron chi connectivity index (χ3n) is 10.1. The molecule has 8 aromatic carbocycles. The van der Waals surface area contributed by atoms with E-state index in [1.54, 1.807) is 0 Å². The average Bonchev–Trinajstić information content (AvgIpc) is 3.79. The zero-order chi connectivity index (χ0) is 34.2. The van der Waals surface area contributed by atoms with Crippen molar-refractivity contribution in [1.82, 2.24) is 15.0 Å². The number of hydrogen-bond acceptors (Lipinski definition) is 5. The first-order valence-corrected chi connectivity index (χ1v) is 18.2. The summed E-state index contributed by atoms with van der Waals surface area (Å²) in [6.07, 6.45) is 0. The Labute approximate surface area is 302 Å². The van der Waals surface area contributed by atoms with Crippen LogP contribution in [0.2, 0.25) is 0 Å². The highest BCUT2D eigenvalue weighted by molar-refractivity contribution is 7.26. The SMILES string of the molecule is c1ccc(-c2nc(-c3ccc4c(ccc5ccccc54)c3)nc(-c3cccc4oc5cc(-c6cccc7c6sc6ccccc67)ccc5c34)n2)cc1. The molecule has 3 aromatic heterocycles. The van der Waals surface area contributed by atoms with Crippen molar-refractivity contribution in [2.45, 2.75) is 0 Å². The van der Waals surface area contributed by atoms with E-state index >= 15 is 0 Å². The molecule has 0 saturated heterocycles. The van der Waals surface area contributed by atoms with Gasteiger partial charge < -0.3 is 4.42 Å². The molecule has 0 spiro atoms. The Bertz CT molecular complexity index is 3200. The lowest BCUT2D eigenvalue weighted by Gasteiger charge is -2.10. The van der Waals surface area contributed by atoms with Crippen molar-refractivity contribution < 1.29 is 4.42 Å². The first kappa shape index (κ1) is 29.1. The Kier molecular flexibility index (Phi) is 6.39. The molecule has 11 rings (SSSR count). The molecule has 0 atom stereocenters. The summed E-state index contributed by atoms with van der Waals surface area (Å²) >= 11 is 1.84. The van der Waals surface area contributed by atoms with Gasteiger partial charge in [-0.1, -0.05) is 133 Å². The molecule has 0 unspecified atom stereocenters. The van der Waals surface area contributed by atoms with Gasteiger partial charge in [0, 0.05) is 47.6 Å². The fourth-order valence-electron chi connectivity index (χ4n) is 7.65. The van der Waals surface area contributed by atoms with Crippen LogP contribution in [0.1, 0.15) is 0 Å². The summed E-state index contributed by atoms with van der Waals surface area (Å²) in [5, 5.41) is 9.40. The van der Waals surface area contributed by atoms with Gasteiger partial charge >= 0.3 is 0 Å². The fraction of sp³-hybridized carbons (Fsp3) is 0. The van der Waals surface area contributed by atoms with Crippen LogP contribution in [0.5, 0.6) is 0 Å². The van der Waals surface area contributed by atoms with E-state index in [9.17, 15) is 0 Å². The van der Waals surface area contributed by atoms with Crippen molar-refractivity contribution in [3.8, 4) is 45.3 Å². The molecule has 0 bridgehead atoms. The summed E-state index contributed by atoms with van der Waals surface area (Å²) in [7, 11) is 0. The molecular formula is C47H27N3OS. The van der Waals surface area contributed by atoms with Gasteiger partial charge in [0.05, 0.1) is 0 Å². The molecule has 0 amide bonds. The summed E-state index contributed by atoms with van der Waals surface area (Å²) in [5.41, 5.74) is 6.74. The minimum Gasteiger partial charge on any atom is -0.456 e. The van der Waals surface area contributed by atoms with Crippen LogP contribution in [0.15, 0.2) is 168 Å². The molecule has 0 aliphatic rings. The van der Waals surface area contributed by atoms with Crippen molar-refractivity contribution in [1.29, 1.82) is 0 Å². The Balaban J connectivity index is 1.09. The second-order valence-corrected chi connectivity index (χ2v) is 14.2. The largest absolute Gasteiger partial charge is 0.456 e. The van der Waals surface area contributed by atoms with Crippen molar-refractivity contribution in [3.05, 3.63) is 164 Å². The number of aromatic nitrogens is 3. The number of rotatable bonds is 4. The molecule has 5 heteroatoms. The molecule has 3 heterocycles. The highest BCUT2D eigenvalue weighted by atomic mass is 32.1. The second kappa shape index (κ2) is 11.4. The number of thiophene rings is 1. The van der Waals surface area contributed by atoms with E-state index in [-0.39, 0.29) is 0 Å². The van der Waals surface area contributed by atoms with Gasteiger partial charge in [-0.15, -0.1) is 11.3 Å². The van der Waals surface area contributed by atoms with Gasteiger partial charge in [-0.25, -0.2) is 15.0 Å². The number of fused-ring (bicyclic) bond motifs is 9. The topological polar surface area (TPSA) is 51.8 Å². The molecule has 4 nitrogen and oxygen atoms in total. The number of benzene rings is 8. The monoisotopic (exact) mass is 681 g/mol. The van der Waals surface area contributed by atoms with Gasteiger partial charge in [0.25, 0.3) is 0 Å². The third kappa shape index (κ3) is 4.57. The lowest BCUT2D eigenvalue weighted by molar-refractivity contribution is 0.669. The summed E-state index contributed by atoms with van der Waals surface area (Å²) in [6.45, 7) is 0. The summed E-state index contributed by atoms with van der Waals surface area (Å²) in [5.74, 6) is 1.86. The van der Waals surface area contributed by atoms with E-state index in [0.29, 0.717) is 17.5 Å². The van der Waals surface area contributed by atoms with Gasteiger partial charge in [0.2, 0.25) is 0 Å². The lowest BCUT2D eigenvalue weighted by Crippen LogP contribution is -2.00. The first-order valence-electron chi connectivity index (χ1n) is 17.3. The zero-order valence-electron chi connectivity index (χ0n) is 27.7. The molecule has 0 saturated carbocycles. The Morgan fingerprint density at radius 2 is 1.06 bits per heavy atom. The van der Waals surface area contributed by atoms with Gasteiger partial charge in [-0.3, -0.25) is 0 Å². The maximum absolute atomic E-state index is 6.59. The Morgan fingerprint density at radius 1 is 0.385 bits per heavy atom. The molecule has 0 aliphatic carbocycles. The average molecular weight is 682 g/mol. The summed E-state index contributed by atoms with van der Waals surface area (Å²) in [6, 6.07) is 57.4. The quantitative estimate of drug-likeness (QED) is 0.174. The molecule has 242 valence electrons. The Hall–Kier alpha value is -6.69. The van der Waals surface area contributed by atoms with Gasteiger partial charge in [-0.05, 0) is 63.0 Å². The normalized spacial score (nSPS) is 11.8. The second-order valence-electron chi connectivity index (χ2n) is 13.2. The molecule has 52 heavy (non-hydrogen) atoms. The van der Waals surface area contributed by atoms with Gasteiger partial charge in [-0.2, -0.15) is 0 Å². The number of hydrogen-bond donors (Lipinski definition) is 0. The summed E-state index contributed by atoms with van der Waals surface area (Å²) in [4.78, 5) is 15.3. The highest BCUT2D eigenvalue weighted by Gasteiger charge is 2.19. The van der Waals surface area contributed by atoms with Crippen LogP contribution in [0.25, 0.3) is 109 Å². The van der Waals surface area contributed by atoms with Gasteiger partial charge in [0.15, 0.2) is 17.5 Å². The van der Waals surface area contributed by atoms with E-state index < -0.39 is 0 Å². The predicted molar refractivity (Wildman–Crippen MR) is 217 cm³/mol. The molecular weight excluding hydrogens is 655 g/mol. The van der Waals surface area contributed by atoms with Crippen LogP contribution in [0.3, 0.4) is 0 Å². The standard InChI is InChI=1S/C47H27N3OS/c1-2-11-29(12-3-1)45-48-46(32-23-24-34-30(26-32)21-20-28-10-4-5-13-33(28)34)50-47(49-45)39-17-9-18-40-43(39)38-25-22-31(27-41(38)51-40)35-15-8-16-37-36-14-6-7-19-42(36)52-44(35)37/h1-27H. The smallest absolute Gasteiger partial charge is 0.164 e. The lowest BCUT2D eigenvalue weighted by atomic mass is 9.99. The van der Waals surface area contributed by atoms with Crippen LogP contribution < -0.4 is 0 Å². The third-order valence-corrected chi connectivity index (χ3v) is 11.3. The van der Waals surface area contributed by atoms with E-state index in [2.05, 4.69) is 121 Å². The predicted octanol–water partition coefficient (Wildman–Crippen LogP) is 13.1. The molecule has 0 radical (unpaired) electrons. The molecule has 11 aromatic rings. The maximum atomic E-state index is 6.59. The minimum absolute atomic E-state index is 0.606. The van der Waals surface area contributed by atoms with E-state index in [1.165, 1.54) is 41.9 Å². The maximum Gasteiger partial charge on any atom is 0.164 e. The fourth-order valence-corrected chi connectivity index (χ4v) is 8.89. The van der Waals surface area contributed by atoms with Crippen LogP contribution in [0.4, 0.5) is 0 Å². The molecule has 0 aliphatic heterocycles. The van der Waals surface area contributed by atoms with Crippen LogP contribution >= 0.6 is 11.3 Å². The van der Waals surface area contributed by atoms with Crippen molar-refractivity contribution >= 4 is 75.0 Å². The van der Waals surface area contributed by atoms with Crippen LogP contribution in [-0.4, -0.2) is 15.0 Å². The van der Waals surface area contributed by atoms with E-state index in [4.69, 9.17) is 19.4 Å². The van der Waals surface area contributed by atoms with Crippen molar-refractivity contribution in [3.63, 3.8) is 0 Å². The van der Waals surface area contributed by atoms with E-state index in [0.717, 1.165) is 49.6 Å². The molecule has 0 N–H and O–H groups in total. The Morgan fingerprint density at radius 3 is 1.98 bits per heavy atom. The minimum atomic E-state index is 0.606. The highest BCUT2D eigenvalue weighted by Crippen LogP contribution is 2.42.